The highest BCUT2D eigenvalue weighted by molar-refractivity contribution is 6.36. The van der Waals surface area contributed by atoms with Gasteiger partial charge in [0.05, 0.1) is 6.20 Å². The number of aryl methyl sites for hydroxylation is 1. The van der Waals surface area contributed by atoms with E-state index >= 15 is 0 Å². The van der Waals surface area contributed by atoms with Crippen molar-refractivity contribution in [3.63, 3.8) is 0 Å². The molecular weight excluding hydrogens is 344 g/mol. The largest absolute Gasteiger partial charge is 0.454 e. The van der Waals surface area contributed by atoms with Gasteiger partial charge in [0.2, 0.25) is 11.9 Å². The third kappa shape index (κ3) is 3.48. The molecule has 1 amide bonds. The number of anilines is 2. The van der Waals surface area contributed by atoms with Gasteiger partial charge in [-0.3, -0.25) is 4.79 Å². The molecule has 9 heteroatoms. The molecule has 0 aliphatic rings. The van der Waals surface area contributed by atoms with Crippen LogP contribution < -0.4 is 15.4 Å². The molecule has 2 N–H and O–H groups in total. The first-order valence-corrected chi connectivity index (χ1v) is 8.03. The van der Waals surface area contributed by atoms with Crippen LogP contribution in [0.1, 0.15) is 13.8 Å². The fourth-order valence-corrected chi connectivity index (χ4v) is 2.65. The first kappa shape index (κ1) is 17.0. The Morgan fingerprint density at radius 2 is 2.20 bits per heavy atom. The third-order valence-corrected chi connectivity index (χ3v) is 3.77. The maximum atomic E-state index is 11.1. The number of ether oxygens (including phenoxy) is 1. The average molecular weight is 361 g/mol. The number of carbonyl (C=O) groups is 1. The number of nitrogens with one attached hydrogen (secondary N) is 2. The standard InChI is InChI=1S/C16H17ClN6O2/c1-4-18-16-22-15-14(23(16)3)13(17)11(8-20-15)25-10-5-6-19-12(7-10)21-9(2)24/h5-8H,4H2,1-3H3,(H,18,20,22)(H,19,21,24). The van der Waals surface area contributed by atoms with E-state index < -0.39 is 0 Å². The fourth-order valence-electron chi connectivity index (χ4n) is 2.35. The van der Waals surface area contributed by atoms with E-state index in [4.69, 9.17) is 16.3 Å². The predicted molar refractivity (Wildman–Crippen MR) is 96.3 cm³/mol. The molecule has 3 aromatic rings. The number of halogens is 1. The van der Waals surface area contributed by atoms with E-state index in [9.17, 15) is 4.79 Å². The van der Waals surface area contributed by atoms with Crippen molar-refractivity contribution in [2.75, 3.05) is 17.2 Å². The van der Waals surface area contributed by atoms with Crippen molar-refractivity contribution < 1.29 is 9.53 Å². The van der Waals surface area contributed by atoms with E-state index in [1.54, 1.807) is 12.1 Å². The summed E-state index contributed by atoms with van der Waals surface area (Å²) in [5.74, 6) is 1.73. The lowest BCUT2D eigenvalue weighted by Crippen LogP contribution is -2.07. The van der Waals surface area contributed by atoms with Gasteiger partial charge in [-0.25, -0.2) is 9.97 Å². The van der Waals surface area contributed by atoms with Crippen LogP contribution in [0.3, 0.4) is 0 Å². The Bertz CT molecular complexity index is 940. The molecule has 3 heterocycles. The van der Waals surface area contributed by atoms with E-state index in [-0.39, 0.29) is 5.91 Å². The molecule has 0 saturated carbocycles. The Labute approximate surface area is 149 Å². The molecule has 3 aromatic heterocycles. The summed E-state index contributed by atoms with van der Waals surface area (Å²) in [7, 11) is 1.85. The van der Waals surface area contributed by atoms with Gasteiger partial charge in [-0.05, 0) is 13.0 Å². The fraction of sp³-hybridized carbons (Fsp3) is 0.250. The lowest BCUT2D eigenvalue weighted by atomic mass is 10.4. The van der Waals surface area contributed by atoms with Crippen molar-refractivity contribution in [1.82, 2.24) is 19.5 Å². The summed E-state index contributed by atoms with van der Waals surface area (Å²) in [6.45, 7) is 4.13. The quantitative estimate of drug-likeness (QED) is 0.725. The Morgan fingerprint density at radius 1 is 1.40 bits per heavy atom. The molecule has 8 nitrogen and oxygen atoms in total. The first-order chi connectivity index (χ1) is 12.0. The smallest absolute Gasteiger partial charge is 0.222 e. The second-order valence-corrected chi connectivity index (χ2v) is 5.67. The van der Waals surface area contributed by atoms with Gasteiger partial charge in [0.1, 0.15) is 22.1 Å². The number of aromatic nitrogens is 4. The maximum absolute atomic E-state index is 11.1. The number of imidazole rings is 1. The van der Waals surface area contributed by atoms with Crippen molar-refractivity contribution in [2.24, 2.45) is 7.05 Å². The van der Waals surface area contributed by atoms with E-state index in [0.29, 0.717) is 39.5 Å². The lowest BCUT2D eigenvalue weighted by molar-refractivity contribution is -0.114. The summed E-state index contributed by atoms with van der Waals surface area (Å²) >= 11 is 6.50. The molecular formula is C16H17ClN6O2. The first-order valence-electron chi connectivity index (χ1n) is 7.66. The zero-order valence-electron chi connectivity index (χ0n) is 14.0. The van der Waals surface area contributed by atoms with Crippen LogP contribution in [0.25, 0.3) is 11.2 Å². The van der Waals surface area contributed by atoms with Gasteiger partial charge in [0.15, 0.2) is 11.4 Å². The number of carbonyl (C=O) groups excluding carboxylic acids is 1. The summed E-state index contributed by atoms with van der Waals surface area (Å²) in [5.41, 5.74) is 1.20. The zero-order chi connectivity index (χ0) is 18.0. The van der Waals surface area contributed by atoms with Gasteiger partial charge < -0.3 is 19.9 Å². The minimum absolute atomic E-state index is 0.211. The molecule has 25 heavy (non-hydrogen) atoms. The third-order valence-electron chi connectivity index (χ3n) is 3.40. The second kappa shape index (κ2) is 6.94. The number of rotatable bonds is 5. The topological polar surface area (TPSA) is 94.0 Å². The Balaban J connectivity index is 1.95. The Hall–Kier alpha value is -2.87. The highest BCUT2D eigenvalue weighted by Crippen LogP contribution is 2.35. The van der Waals surface area contributed by atoms with Gasteiger partial charge in [0, 0.05) is 32.8 Å². The van der Waals surface area contributed by atoms with Gasteiger partial charge in [-0.15, -0.1) is 0 Å². The molecule has 0 spiro atoms. The van der Waals surface area contributed by atoms with Crippen LogP contribution in [0, 0.1) is 0 Å². The second-order valence-electron chi connectivity index (χ2n) is 5.29. The molecule has 0 atom stereocenters. The van der Waals surface area contributed by atoms with Crippen molar-refractivity contribution >= 4 is 40.4 Å². The number of hydrogen-bond donors (Lipinski definition) is 2. The van der Waals surface area contributed by atoms with E-state index in [1.807, 2.05) is 18.5 Å². The predicted octanol–water partition coefficient (Wildman–Crippen LogP) is 3.20. The molecule has 130 valence electrons. The van der Waals surface area contributed by atoms with E-state index in [1.165, 1.54) is 19.3 Å². The Morgan fingerprint density at radius 3 is 2.92 bits per heavy atom. The number of amides is 1. The summed E-state index contributed by atoms with van der Waals surface area (Å²) in [5, 5.41) is 6.16. The van der Waals surface area contributed by atoms with Crippen molar-refractivity contribution in [2.45, 2.75) is 13.8 Å². The van der Waals surface area contributed by atoms with Gasteiger partial charge >= 0.3 is 0 Å². The number of nitrogens with zero attached hydrogens (tertiary/aromatic N) is 4. The van der Waals surface area contributed by atoms with Crippen LogP contribution >= 0.6 is 11.6 Å². The number of pyridine rings is 2. The molecule has 0 radical (unpaired) electrons. The van der Waals surface area contributed by atoms with Crippen LogP contribution in [-0.4, -0.2) is 32.0 Å². The van der Waals surface area contributed by atoms with Gasteiger partial charge in [0.25, 0.3) is 0 Å². The lowest BCUT2D eigenvalue weighted by Gasteiger charge is -2.09. The molecule has 0 unspecified atom stereocenters. The highest BCUT2D eigenvalue weighted by Gasteiger charge is 2.16. The Kier molecular flexibility index (Phi) is 4.71. The monoisotopic (exact) mass is 360 g/mol. The number of fused-ring (bicyclic) bond motifs is 1. The zero-order valence-corrected chi connectivity index (χ0v) is 14.8. The van der Waals surface area contributed by atoms with Gasteiger partial charge in [-0.2, -0.15) is 4.98 Å². The van der Waals surface area contributed by atoms with Crippen LogP contribution in [0.2, 0.25) is 5.02 Å². The summed E-state index contributed by atoms with van der Waals surface area (Å²) in [6.07, 6.45) is 3.06. The molecule has 3 rings (SSSR count). The summed E-state index contributed by atoms with van der Waals surface area (Å²) < 4.78 is 7.65. The van der Waals surface area contributed by atoms with Gasteiger partial charge in [-0.1, -0.05) is 11.6 Å². The van der Waals surface area contributed by atoms with Crippen molar-refractivity contribution in [3.8, 4) is 11.5 Å². The van der Waals surface area contributed by atoms with Crippen LogP contribution in [0.15, 0.2) is 24.5 Å². The molecule has 0 aliphatic heterocycles. The molecule has 0 aromatic carbocycles. The molecule has 0 saturated heterocycles. The molecule has 0 aliphatic carbocycles. The van der Waals surface area contributed by atoms with Crippen molar-refractivity contribution in [1.29, 1.82) is 0 Å². The van der Waals surface area contributed by atoms with Crippen molar-refractivity contribution in [3.05, 3.63) is 29.5 Å². The van der Waals surface area contributed by atoms with E-state index in [2.05, 4.69) is 25.6 Å². The number of hydrogen-bond acceptors (Lipinski definition) is 6. The normalized spacial score (nSPS) is 10.7. The molecule has 0 bridgehead atoms. The average Bonchev–Trinajstić information content (AvgIpc) is 2.87. The van der Waals surface area contributed by atoms with E-state index in [0.717, 1.165) is 6.54 Å². The highest BCUT2D eigenvalue weighted by atomic mass is 35.5. The summed E-state index contributed by atoms with van der Waals surface area (Å²) in [4.78, 5) is 23.9. The minimum atomic E-state index is -0.211. The minimum Gasteiger partial charge on any atom is -0.454 e. The van der Waals surface area contributed by atoms with Crippen LogP contribution in [-0.2, 0) is 11.8 Å². The van der Waals surface area contributed by atoms with Crippen LogP contribution in [0.5, 0.6) is 11.5 Å². The maximum Gasteiger partial charge on any atom is 0.222 e. The summed E-state index contributed by atoms with van der Waals surface area (Å²) in [6, 6.07) is 3.27. The SMILES string of the molecule is CCNc1nc2ncc(Oc3ccnc(NC(C)=O)c3)c(Cl)c2n1C. The molecule has 0 fully saturated rings. The van der Waals surface area contributed by atoms with Crippen LogP contribution in [0.4, 0.5) is 11.8 Å².